The normalized spacial score (nSPS) is 22.4. The molecule has 1 aliphatic heterocycles. The Morgan fingerprint density at radius 1 is 1.47 bits per heavy atom. The van der Waals surface area contributed by atoms with Gasteiger partial charge in [0, 0.05) is 0 Å². The van der Waals surface area contributed by atoms with Crippen LogP contribution < -0.4 is 5.73 Å². The molecular weight excluding hydrogens is 248 g/mol. The van der Waals surface area contributed by atoms with Gasteiger partial charge in [-0.2, -0.15) is 5.26 Å². The molecule has 8 heteroatoms. The number of aliphatic hydroxyl groups excluding tert-OH is 1. The van der Waals surface area contributed by atoms with Gasteiger partial charge in [0.15, 0.2) is 17.7 Å². The highest BCUT2D eigenvalue weighted by molar-refractivity contribution is 5.81. The lowest BCUT2D eigenvalue weighted by atomic mass is 10.2. The SMILES string of the molecule is N#CC1=C[C@@H](n2cnc3c(N)ncnc32)O[C@H]1CO. The largest absolute Gasteiger partial charge is 0.393 e. The molecule has 0 spiro atoms. The van der Waals surface area contributed by atoms with Gasteiger partial charge >= 0.3 is 0 Å². The van der Waals surface area contributed by atoms with Gasteiger partial charge in [-0.05, 0) is 6.08 Å². The standard InChI is InChI=1S/C11H10N6O2/c12-2-6-1-8(19-7(6)3-18)17-5-16-9-10(13)14-4-15-11(9)17/h1,4-5,7-8,18H,3H2,(H2,13,14,15)/t7-,8-/m0/s1. The monoisotopic (exact) mass is 258 g/mol. The number of nitrogens with two attached hydrogens (primary N) is 1. The first-order valence-electron chi connectivity index (χ1n) is 5.55. The predicted molar refractivity (Wildman–Crippen MR) is 64.4 cm³/mol. The van der Waals surface area contributed by atoms with Gasteiger partial charge in [0.1, 0.15) is 17.9 Å². The molecule has 19 heavy (non-hydrogen) atoms. The van der Waals surface area contributed by atoms with E-state index >= 15 is 0 Å². The van der Waals surface area contributed by atoms with E-state index in [9.17, 15) is 0 Å². The van der Waals surface area contributed by atoms with Crippen LogP contribution in [0.5, 0.6) is 0 Å². The van der Waals surface area contributed by atoms with E-state index in [-0.39, 0.29) is 12.4 Å². The predicted octanol–water partition coefficient (Wildman–Crippen LogP) is -0.252. The van der Waals surface area contributed by atoms with E-state index in [2.05, 4.69) is 15.0 Å². The van der Waals surface area contributed by atoms with Gasteiger partial charge in [0.25, 0.3) is 0 Å². The number of aromatic nitrogens is 4. The number of hydrogen-bond acceptors (Lipinski definition) is 7. The molecule has 3 heterocycles. The lowest BCUT2D eigenvalue weighted by molar-refractivity contribution is -0.00871. The van der Waals surface area contributed by atoms with E-state index < -0.39 is 12.3 Å². The van der Waals surface area contributed by atoms with E-state index in [1.54, 1.807) is 10.6 Å². The van der Waals surface area contributed by atoms with Crippen molar-refractivity contribution < 1.29 is 9.84 Å². The molecule has 2 atom stereocenters. The highest BCUT2D eigenvalue weighted by Gasteiger charge is 2.29. The number of hydrogen-bond donors (Lipinski definition) is 2. The summed E-state index contributed by atoms with van der Waals surface area (Å²) >= 11 is 0. The van der Waals surface area contributed by atoms with Crippen LogP contribution in [0.1, 0.15) is 6.23 Å². The lowest BCUT2D eigenvalue weighted by Crippen LogP contribution is -2.17. The van der Waals surface area contributed by atoms with E-state index in [0.717, 1.165) is 0 Å². The number of rotatable bonds is 2. The Bertz CT molecular complexity index is 701. The number of imidazole rings is 1. The molecule has 0 radical (unpaired) electrons. The van der Waals surface area contributed by atoms with Gasteiger partial charge < -0.3 is 15.6 Å². The first-order chi connectivity index (χ1) is 9.24. The molecule has 0 aliphatic carbocycles. The molecule has 2 aromatic rings. The van der Waals surface area contributed by atoms with Crippen molar-refractivity contribution in [1.29, 1.82) is 5.26 Å². The zero-order valence-corrected chi connectivity index (χ0v) is 9.76. The molecular formula is C11H10N6O2. The third-order valence-corrected chi connectivity index (χ3v) is 2.93. The Hall–Kier alpha value is -2.50. The van der Waals surface area contributed by atoms with Crippen LogP contribution in [0.15, 0.2) is 24.3 Å². The Balaban J connectivity index is 2.05. The van der Waals surface area contributed by atoms with E-state index in [1.165, 1.54) is 12.7 Å². The summed E-state index contributed by atoms with van der Waals surface area (Å²) in [6.07, 6.45) is 3.33. The van der Waals surface area contributed by atoms with E-state index in [4.69, 9.17) is 20.8 Å². The topological polar surface area (TPSA) is 123 Å². The molecule has 0 unspecified atom stereocenters. The summed E-state index contributed by atoms with van der Waals surface area (Å²) in [7, 11) is 0. The molecule has 0 saturated heterocycles. The Labute approximate surface area is 107 Å². The van der Waals surface area contributed by atoms with Crippen molar-refractivity contribution in [2.45, 2.75) is 12.3 Å². The maximum absolute atomic E-state index is 9.15. The summed E-state index contributed by atoms with van der Waals surface area (Å²) in [5, 5.41) is 18.1. The van der Waals surface area contributed by atoms with Crippen LogP contribution in [0.2, 0.25) is 0 Å². The molecule has 1 aliphatic rings. The molecule has 0 bridgehead atoms. The van der Waals surface area contributed by atoms with Crippen molar-refractivity contribution in [1.82, 2.24) is 19.5 Å². The van der Waals surface area contributed by atoms with Gasteiger partial charge in [-0.3, -0.25) is 4.57 Å². The zero-order chi connectivity index (χ0) is 13.4. The second kappa shape index (κ2) is 4.31. The summed E-state index contributed by atoms with van der Waals surface area (Å²) < 4.78 is 7.20. The number of aliphatic hydroxyl groups is 1. The lowest BCUT2D eigenvalue weighted by Gasteiger charge is -2.13. The minimum atomic E-state index is -0.619. The van der Waals surface area contributed by atoms with E-state index in [0.29, 0.717) is 16.7 Å². The minimum absolute atomic E-state index is 0.250. The van der Waals surface area contributed by atoms with Crippen molar-refractivity contribution in [3.05, 3.63) is 24.3 Å². The molecule has 96 valence electrons. The molecule has 0 amide bonds. The average Bonchev–Trinajstić information content (AvgIpc) is 3.02. The molecule has 8 nitrogen and oxygen atoms in total. The van der Waals surface area contributed by atoms with Crippen molar-refractivity contribution in [3.8, 4) is 6.07 Å². The van der Waals surface area contributed by atoms with Gasteiger partial charge in [0.2, 0.25) is 0 Å². The van der Waals surface area contributed by atoms with Gasteiger partial charge in [-0.25, -0.2) is 15.0 Å². The smallest absolute Gasteiger partial charge is 0.167 e. The van der Waals surface area contributed by atoms with Crippen LogP contribution in [0, 0.1) is 11.3 Å². The van der Waals surface area contributed by atoms with Gasteiger partial charge in [0.05, 0.1) is 24.6 Å². The van der Waals surface area contributed by atoms with Crippen LogP contribution in [0.25, 0.3) is 11.2 Å². The summed E-state index contributed by atoms with van der Waals surface area (Å²) in [4.78, 5) is 12.1. The highest BCUT2D eigenvalue weighted by atomic mass is 16.5. The number of nitrogen functional groups attached to an aromatic ring is 1. The second-order valence-corrected chi connectivity index (χ2v) is 4.01. The molecule has 0 saturated carbocycles. The summed E-state index contributed by atoms with van der Waals surface area (Å²) in [6.45, 7) is -0.250. The zero-order valence-electron chi connectivity index (χ0n) is 9.76. The Morgan fingerprint density at radius 3 is 3.00 bits per heavy atom. The van der Waals surface area contributed by atoms with Crippen LogP contribution in [0.3, 0.4) is 0 Å². The van der Waals surface area contributed by atoms with Crippen LogP contribution >= 0.6 is 0 Å². The number of nitrogens with zero attached hydrogens (tertiary/aromatic N) is 5. The fourth-order valence-electron chi connectivity index (χ4n) is 1.99. The molecule has 2 aromatic heterocycles. The Morgan fingerprint density at radius 2 is 2.32 bits per heavy atom. The molecule has 0 fully saturated rings. The third-order valence-electron chi connectivity index (χ3n) is 2.93. The number of fused-ring (bicyclic) bond motifs is 1. The fraction of sp³-hybridized carbons (Fsp3) is 0.273. The quantitative estimate of drug-likeness (QED) is 0.761. The average molecular weight is 258 g/mol. The van der Waals surface area contributed by atoms with Gasteiger partial charge in [-0.1, -0.05) is 0 Å². The summed E-state index contributed by atoms with van der Waals surface area (Å²) in [5.74, 6) is 0.282. The summed E-state index contributed by atoms with van der Waals surface area (Å²) in [5.41, 5.74) is 7.08. The first-order valence-corrected chi connectivity index (χ1v) is 5.55. The fourth-order valence-corrected chi connectivity index (χ4v) is 1.99. The van der Waals surface area contributed by atoms with Crippen molar-refractivity contribution in [2.24, 2.45) is 0 Å². The first kappa shape index (κ1) is 11.6. The number of ether oxygens (including phenoxy) is 1. The number of nitriles is 1. The second-order valence-electron chi connectivity index (χ2n) is 4.01. The van der Waals surface area contributed by atoms with Crippen molar-refractivity contribution in [3.63, 3.8) is 0 Å². The maximum Gasteiger partial charge on any atom is 0.167 e. The van der Waals surface area contributed by atoms with Crippen LogP contribution in [-0.4, -0.2) is 37.3 Å². The third kappa shape index (κ3) is 1.72. The van der Waals surface area contributed by atoms with Crippen LogP contribution in [0.4, 0.5) is 5.82 Å². The maximum atomic E-state index is 9.15. The van der Waals surface area contributed by atoms with Crippen molar-refractivity contribution in [2.75, 3.05) is 12.3 Å². The minimum Gasteiger partial charge on any atom is -0.393 e. The number of anilines is 1. The van der Waals surface area contributed by atoms with Crippen molar-refractivity contribution >= 4 is 17.0 Å². The van der Waals surface area contributed by atoms with E-state index in [1.807, 2.05) is 6.07 Å². The highest BCUT2D eigenvalue weighted by Crippen LogP contribution is 2.29. The summed E-state index contributed by atoms with van der Waals surface area (Å²) in [6, 6.07) is 2.00. The van der Waals surface area contributed by atoms with Crippen LogP contribution in [-0.2, 0) is 4.74 Å². The molecule has 3 N–H and O–H groups in total. The van der Waals surface area contributed by atoms with Gasteiger partial charge in [-0.15, -0.1) is 0 Å². The Kier molecular flexibility index (Phi) is 2.63. The molecule has 0 aromatic carbocycles. The molecule has 3 rings (SSSR count).